The van der Waals surface area contributed by atoms with Crippen molar-refractivity contribution in [1.82, 2.24) is 10.3 Å². The van der Waals surface area contributed by atoms with Gasteiger partial charge in [-0.3, -0.25) is 0 Å². The molecule has 1 aliphatic rings. The minimum absolute atomic E-state index is 0.431. The van der Waals surface area contributed by atoms with Crippen LogP contribution in [0.15, 0.2) is 6.20 Å². The SMILES string of the molecule is CNC(C)c1cnc(CSC2CCCCC2)s1. The number of thiazole rings is 1. The molecule has 0 bridgehead atoms. The fourth-order valence-corrected chi connectivity index (χ4v) is 4.49. The highest BCUT2D eigenvalue weighted by atomic mass is 32.2. The second-order valence-corrected chi connectivity index (χ2v) is 7.17. The Morgan fingerprint density at radius 2 is 2.24 bits per heavy atom. The van der Waals surface area contributed by atoms with Crippen LogP contribution in [0.5, 0.6) is 0 Å². The van der Waals surface area contributed by atoms with Crippen LogP contribution in [0.4, 0.5) is 0 Å². The molecule has 1 aliphatic carbocycles. The number of nitrogens with zero attached hydrogens (tertiary/aromatic N) is 1. The van der Waals surface area contributed by atoms with Crippen LogP contribution in [-0.4, -0.2) is 17.3 Å². The summed E-state index contributed by atoms with van der Waals surface area (Å²) in [6.45, 7) is 2.19. The zero-order valence-corrected chi connectivity index (χ0v) is 12.4. The Morgan fingerprint density at radius 3 is 2.94 bits per heavy atom. The van der Waals surface area contributed by atoms with Gasteiger partial charge in [0.2, 0.25) is 0 Å². The van der Waals surface area contributed by atoms with Crippen molar-refractivity contribution >= 4 is 23.1 Å². The molecule has 0 aromatic carbocycles. The molecule has 1 aromatic heterocycles. The van der Waals surface area contributed by atoms with E-state index in [2.05, 4.69) is 29.0 Å². The largest absolute Gasteiger partial charge is 0.312 e. The van der Waals surface area contributed by atoms with Crippen LogP contribution in [0.1, 0.15) is 55.0 Å². The van der Waals surface area contributed by atoms with Crippen molar-refractivity contribution in [3.05, 3.63) is 16.1 Å². The molecule has 1 N–H and O–H groups in total. The monoisotopic (exact) mass is 270 g/mol. The highest BCUT2D eigenvalue weighted by Gasteiger charge is 2.15. The van der Waals surface area contributed by atoms with E-state index in [1.807, 2.05) is 24.6 Å². The van der Waals surface area contributed by atoms with E-state index in [1.54, 1.807) is 0 Å². The summed E-state index contributed by atoms with van der Waals surface area (Å²) in [5, 5.41) is 5.44. The molecule has 0 amide bonds. The average molecular weight is 270 g/mol. The number of aromatic nitrogens is 1. The van der Waals surface area contributed by atoms with Crippen LogP contribution in [0, 0.1) is 0 Å². The smallest absolute Gasteiger partial charge is 0.103 e. The summed E-state index contributed by atoms with van der Waals surface area (Å²) >= 11 is 3.97. The van der Waals surface area contributed by atoms with E-state index < -0.39 is 0 Å². The van der Waals surface area contributed by atoms with E-state index in [-0.39, 0.29) is 0 Å². The Kier molecular flexibility index (Phi) is 5.32. The van der Waals surface area contributed by atoms with Crippen molar-refractivity contribution in [2.75, 3.05) is 7.05 Å². The molecule has 96 valence electrons. The first-order chi connectivity index (χ1) is 8.29. The van der Waals surface area contributed by atoms with E-state index in [1.165, 1.54) is 42.0 Å². The molecule has 1 heterocycles. The van der Waals surface area contributed by atoms with Gasteiger partial charge in [0.1, 0.15) is 5.01 Å². The Hall–Kier alpha value is -0.0600. The van der Waals surface area contributed by atoms with E-state index in [9.17, 15) is 0 Å². The summed E-state index contributed by atoms with van der Waals surface area (Å²) in [6.07, 6.45) is 9.15. The average Bonchev–Trinajstić information content (AvgIpc) is 2.85. The highest BCUT2D eigenvalue weighted by Crippen LogP contribution is 2.32. The molecule has 1 aromatic rings. The van der Waals surface area contributed by atoms with Crippen LogP contribution in [0.3, 0.4) is 0 Å². The first-order valence-corrected chi connectivity index (χ1v) is 8.39. The lowest BCUT2D eigenvalue weighted by Crippen LogP contribution is -2.10. The van der Waals surface area contributed by atoms with E-state index >= 15 is 0 Å². The molecule has 2 nitrogen and oxygen atoms in total. The van der Waals surface area contributed by atoms with Gasteiger partial charge < -0.3 is 5.32 Å². The maximum Gasteiger partial charge on any atom is 0.103 e. The van der Waals surface area contributed by atoms with Gasteiger partial charge in [-0.05, 0) is 26.8 Å². The van der Waals surface area contributed by atoms with Crippen LogP contribution >= 0.6 is 23.1 Å². The number of hydrogen-bond acceptors (Lipinski definition) is 4. The molecule has 0 radical (unpaired) electrons. The van der Waals surface area contributed by atoms with Crippen LogP contribution < -0.4 is 5.32 Å². The predicted octanol–water partition coefficient (Wildman–Crippen LogP) is 3.99. The second kappa shape index (κ2) is 6.76. The molecule has 0 spiro atoms. The zero-order valence-electron chi connectivity index (χ0n) is 10.7. The molecule has 1 fully saturated rings. The quantitative estimate of drug-likeness (QED) is 0.875. The van der Waals surface area contributed by atoms with E-state index in [4.69, 9.17) is 0 Å². The molecular formula is C13H22N2S2. The number of nitrogens with one attached hydrogen (secondary N) is 1. The summed E-state index contributed by atoms with van der Waals surface area (Å²) in [4.78, 5) is 5.88. The van der Waals surface area contributed by atoms with E-state index in [0.29, 0.717) is 6.04 Å². The normalized spacial score (nSPS) is 19.4. The maximum absolute atomic E-state index is 4.53. The van der Waals surface area contributed by atoms with Crippen molar-refractivity contribution in [3.63, 3.8) is 0 Å². The summed E-state index contributed by atoms with van der Waals surface area (Å²) in [5.41, 5.74) is 0. The number of rotatable bonds is 5. The van der Waals surface area contributed by atoms with Gasteiger partial charge in [0.25, 0.3) is 0 Å². The van der Waals surface area contributed by atoms with E-state index in [0.717, 1.165) is 11.0 Å². The minimum Gasteiger partial charge on any atom is -0.312 e. The molecule has 17 heavy (non-hydrogen) atoms. The predicted molar refractivity (Wildman–Crippen MR) is 77.8 cm³/mol. The Balaban J connectivity index is 1.80. The molecule has 0 aliphatic heterocycles. The van der Waals surface area contributed by atoms with Gasteiger partial charge in [-0.1, -0.05) is 19.3 Å². The van der Waals surface area contributed by atoms with Crippen LogP contribution in [0.25, 0.3) is 0 Å². The van der Waals surface area contributed by atoms with Gasteiger partial charge in [0, 0.05) is 28.1 Å². The Bertz CT molecular complexity index is 332. The van der Waals surface area contributed by atoms with Gasteiger partial charge in [-0.25, -0.2) is 4.98 Å². The van der Waals surface area contributed by atoms with Gasteiger partial charge in [0.05, 0.1) is 0 Å². The first-order valence-electron chi connectivity index (χ1n) is 6.53. The number of hydrogen-bond donors (Lipinski definition) is 1. The molecule has 2 rings (SSSR count). The molecule has 0 saturated heterocycles. The summed E-state index contributed by atoms with van der Waals surface area (Å²) < 4.78 is 0. The Morgan fingerprint density at radius 1 is 1.47 bits per heavy atom. The molecule has 1 atom stereocenters. The summed E-state index contributed by atoms with van der Waals surface area (Å²) in [5.74, 6) is 1.10. The van der Waals surface area contributed by atoms with Crippen molar-refractivity contribution in [2.45, 2.75) is 56.1 Å². The third-order valence-electron chi connectivity index (χ3n) is 3.43. The lowest BCUT2D eigenvalue weighted by molar-refractivity contribution is 0.516. The lowest BCUT2D eigenvalue weighted by atomic mass is 10.0. The van der Waals surface area contributed by atoms with Gasteiger partial charge in [0.15, 0.2) is 0 Å². The fourth-order valence-electron chi connectivity index (χ4n) is 2.15. The second-order valence-electron chi connectivity index (χ2n) is 4.74. The molecule has 4 heteroatoms. The third kappa shape index (κ3) is 3.97. The van der Waals surface area contributed by atoms with Crippen LogP contribution in [-0.2, 0) is 5.75 Å². The van der Waals surface area contributed by atoms with Crippen molar-refractivity contribution in [3.8, 4) is 0 Å². The maximum atomic E-state index is 4.53. The topological polar surface area (TPSA) is 24.9 Å². The summed E-state index contributed by atoms with van der Waals surface area (Å²) in [7, 11) is 2.00. The minimum atomic E-state index is 0.431. The van der Waals surface area contributed by atoms with Gasteiger partial charge in [-0.15, -0.1) is 11.3 Å². The first kappa shape index (κ1) is 13.4. The zero-order chi connectivity index (χ0) is 12.1. The number of thioether (sulfide) groups is 1. The van der Waals surface area contributed by atoms with Crippen LogP contribution in [0.2, 0.25) is 0 Å². The van der Waals surface area contributed by atoms with Gasteiger partial charge in [-0.2, -0.15) is 11.8 Å². The summed E-state index contributed by atoms with van der Waals surface area (Å²) in [6, 6.07) is 0.431. The molecule has 1 unspecified atom stereocenters. The van der Waals surface area contributed by atoms with Crippen molar-refractivity contribution in [1.29, 1.82) is 0 Å². The van der Waals surface area contributed by atoms with Gasteiger partial charge >= 0.3 is 0 Å². The highest BCUT2D eigenvalue weighted by molar-refractivity contribution is 7.99. The standard InChI is InChI=1S/C13H22N2S2/c1-10(14-2)12-8-15-13(17-12)9-16-11-6-4-3-5-7-11/h8,10-11,14H,3-7,9H2,1-2H3. The third-order valence-corrected chi connectivity index (χ3v) is 6.17. The molecule has 1 saturated carbocycles. The Labute approximate surface area is 113 Å². The lowest BCUT2D eigenvalue weighted by Gasteiger charge is -2.20. The van der Waals surface area contributed by atoms with Crippen molar-refractivity contribution < 1.29 is 0 Å². The van der Waals surface area contributed by atoms with Crippen molar-refractivity contribution in [2.24, 2.45) is 0 Å². The molecular weight excluding hydrogens is 248 g/mol. The fraction of sp³-hybridized carbons (Fsp3) is 0.769.